The fourth-order valence-corrected chi connectivity index (χ4v) is 3.10. The van der Waals surface area contributed by atoms with Crippen molar-refractivity contribution in [3.05, 3.63) is 18.3 Å². The van der Waals surface area contributed by atoms with E-state index >= 15 is 0 Å². The van der Waals surface area contributed by atoms with E-state index in [9.17, 15) is 0 Å². The summed E-state index contributed by atoms with van der Waals surface area (Å²) in [6.07, 6.45) is 7.14. The van der Waals surface area contributed by atoms with Crippen LogP contribution in [0.5, 0.6) is 0 Å². The Bertz CT molecular complexity index is 394. The number of piperidine rings is 1. The molecule has 0 amide bonds. The molecule has 0 bridgehead atoms. The first-order valence-corrected chi connectivity index (χ1v) is 8.43. The second kappa shape index (κ2) is 8.23. The molecular formula is C17H30N4. The summed E-state index contributed by atoms with van der Waals surface area (Å²) < 4.78 is 0. The first-order valence-electron chi connectivity index (χ1n) is 8.43. The summed E-state index contributed by atoms with van der Waals surface area (Å²) in [5.41, 5.74) is 1.12. The molecule has 0 spiro atoms. The number of rotatable bonds is 7. The van der Waals surface area contributed by atoms with E-state index in [1.54, 1.807) is 0 Å². The van der Waals surface area contributed by atoms with Gasteiger partial charge in [-0.3, -0.25) is 0 Å². The number of anilines is 2. The van der Waals surface area contributed by atoms with Crippen LogP contribution in [0.1, 0.15) is 46.5 Å². The molecule has 0 aliphatic carbocycles. The predicted octanol–water partition coefficient (Wildman–Crippen LogP) is 3.26. The smallest absolute Gasteiger partial charge is 0.128 e. The molecule has 118 valence electrons. The molecule has 2 atom stereocenters. The van der Waals surface area contributed by atoms with Gasteiger partial charge in [0, 0.05) is 25.2 Å². The molecule has 2 rings (SSSR count). The van der Waals surface area contributed by atoms with Crippen LogP contribution >= 0.6 is 0 Å². The van der Waals surface area contributed by atoms with Gasteiger partial charge in [0.05, 0.1) is 11.9 Å². The van der Waals surface area contributed by atoms with Crippen LogP contribution in [0, 0.1) is 0 Å². The van der Waals surface area contributed by atoms with Gasteiger partial charge in [-0.2, -0.15) is 0 Å². The lowest BCUT2D eigenvalue weighted by molar-refractivity contribution is 0.371. The Labute approximate surface area is 129 Å². The minimum Gasteiger partial charge on any atom is -0.381 e. The summed E-state index contributed by atoms with van der Waals surface area (Å²) in [4.78, 5) is 6.83. The first kappa shape index (κ1) is 16.1. The Morgan fingerprint density at radius 3 is 2.71 bits per heavy atom. The fourth-order valence-electron chi connectivity index (χ4n) is 3.10. The number of hydrogen-bond acceptors (Lipinski definition) is 4. The molecule has 2 N–H and O–H groups in total. The Morgan fingerprint density at radius 2 is 2.14 bits per heavy atom. The molecule has 1 aliphatic heterocycles. The van der Waals surface area contributed by atoms with Crippen molar-refractivity contribution in [2.75, 3.05) is 29.9 Å². The number of nitrogens with zero attached hydrogens (tertiary/aromatic N) is 2. The lowest BCUT2D eigenvalue weighted by Crippen LogP contribution is -2.37. The van der Waals surface area contributed by atoms with E-state index in [0.29, 0.717) is 12.1 Å². The predicted molar refractivity (Wildman–Crippen MR) is 91.1 cm³/mol. The third-order valence-electron chi connectivity index (χ3n) is 4.30. The van der Waals surface area contributed by atoms with Gasteiger partial charge in [0.25, 0.3) is 0 Å². The van der Waals surface area contributed by atoms with Crippen molar-refractivity contribution >= 4 is 11.5 Å². The quantitative estimate of drug-likeness (QED) is 0.808. The van der Waals surface area contributed by atoms with Crippen LogP contribution in [0.3, 0.4) is 0 Å². The van der Waals surface area contributed by atoms with Crippen LogP contribution in [-0.2, 0) is 0 Å². The molecule has 1 fully saturated rings. The Hall–Kier alpha value is -1.29. The maximum absolute atomic E-state index is 4.57. The van der Waals surface area contributed by atoms with Gasteiger partial charge in [0.2, 0.25) is 0 Å². The van der Waals surface area contributed by atoms with Crippen LogP contribution in [0.25, 0.3) is 0 Å². The van der Waals surface area contributed by atoms with Gasteiger partial charge in [0.1, 0.15) is 5.82 Å². The average Bonchev–Trinajstić information content (AvgIpc) is 2.51. The summed E-state index contributed by atoms with van der Waals surface area (Å²) in [5.74, 6) is 1.06. The van der Waals surface area contributed by atoms with Crippen molar-refractivity contribution < 1.29 is 0 Å². The standard InChI is InChI=1S/C17H30N4/c1-4-21(5-2)17-10-9-16(13-19-17)20-14(3)12-15-8-6-7-11-18-15/h9-10,13-15,18,20H,4-8,11-12H2,1-3H3. The summed E-state index contributed by atoms with van der Waals surface area (Å²) in [7, 11) is 0. The van der Waals surface area contributed by atoms with Crippen molar-refractivity contribution in [2.45, 2.75) is 58.5 Å². The Morgan fingerprint density at radius 1 is 1.33 bits per heavy atom. The zero-order valence-electron chi connectivity index (χ0n) is 13.7. The molecule has 1 aliphatic rings. The van der Waals surface area contributed by atoms with Crippen LogP contribution < -0.4 is 15.5 Å². The van der Waals surface area contributed by atoms with Gasteiger partial charge >= 0.3 is 0 Å². The van der Waals surface area contributed by atoms with E-state index in [4.69, 9.17) is 0 Å². The molecule has 2 unspecified atom stereocenters. The molecule has 0 radical (unpaired) electrons. The van der Waals surface area contributed by atoms with Gasteiger partial charge in [-0.25, -0.2) is 4.98 Å². The molecule has 21 heavy (non-hydrogen) atoms. The van der Waals surface area contributed by atoms with Crippen molar-refractivity contribution in [3.63, 3.8) is 0 Å². The fraction of sp³-hybridized carbons (Fsp3) is 0.706. The van der Waals surface area contributed by atoms with Crippen molar-refractivity contribution in [1.29, 1.82) is 0 Å². The third-order valence-corrected chi connectivity index (χ3v) is 4.30. The van der Waals surface area contributed by atoms with E-state index in [1.807, 2.05) is 6.20 Å². The number of hydrogen-bond donors (Lipinski definition) is 2. The second-order valence-electron chi connectivity index (χ2n) is 6.01. The lowest BCUT2D eigenvalue weighted by Gasteiger charge is -2.27. The highest BCUT2D eigenvalue weighted by molar-refractivity contribution is 5.49. The minimum absolute atomic E-state index is 0.474. The van der Waals surface area contributed by atoms with Crippen LogP contribution in [0.2, 0.25) is 0 Å². The van der Waals surface area contributed by atoms with E-state index in [1.165, 1.54) is 32.2 Å². The SMILES string of the molecule is CCN(CC)c1ccc(NC(C)CC2CCCCN2)cn1. The third kappa shape index (κ3) is 4.88. The summed E-state index contributed by atoms with van der Waals surface area (Å²) >= 11 is 0. The number of nitrogens with one attached hydrogen (secondary N) is 2. The van der Waals surface area contributed by atoms with Crippen LogP contribution in [-0.4, -0.2) is 36.7 Å². The van der Waals surface area contributed by atoms with Crippen LogP contribution in [0.4, 0.5) is 11.5 Å². The zero-order chi connectivity index (χ0) is 15.1. The summed E-state index contributed by atoms with van der Waals surface area (Å²) in [6, 6.07) is 5.40. The van der Waals surface area contributed by atoms with Crippen LogP contribution in [0.15, 0.2) is 18.3 Å². The molecule has 1 saturated heterocycles. The van der Waals surface area contributed by atoms with E-state index in [-0.39, 0.29) is 0 Å². The molecule has 0 aromatic carbocycles. The van der Waals surface area contributed by atoms with E-state index in [2.05, 4.69) is 53.4 Å². The average molecular weight is 290 g/mol. The first-order chi connectivity index (χ1) is 10.2. The van der Waals surface area contributed by atoms with Gasteiger partial charge < -0.3 is 15.5 Å². The van der Waals surface area contributed by atoms with Crippen molar-refractivity contribution in [2.24, 2.45) is 0 Å². The zero-order valence-corrected chi connectivity index (χ0v) is 13.7. The highest BCUT2D eigenvalue weighted by Gasteiger charge is 2.15. The molecular weight excluding hydrogens is 260 g/mol. The van der Waals surface area contributed by atoms with Gasteiger partial charge in [-0.05, 0) is 58.7 Å². The van der Waals surface area contributed by atoms with E-state index in [0.717, 1.165) is 24.6 Å². The summed E-state index contributed by atoms with van der Waals surface area (Å²) in [6.45, 7) is 9.76. The maximum atomic E-state index is 4.57. The largest absolute Gasteiger partial charge is 0.381 e. The number of aromatic nitrogens is 1. The highest BCUT2D eigenvalue weighted by Crippen LogP contribution is 2.17. The van der Waals surface area contributed by atoms with Crippen molar-refractivity contribution in [1.82, 2.24) is 10.3 Å². The molecule has 1 aromatic heterocycles. The minimum atomic E-state index is 0.474. The molecule has 1 aromatic rings. The van der Waals surface area contributed by atoms with Gasteiger partial charge in [-0.1, -0.05) is 6.42 Å². The van der Waals surface area contributed by atoms with E-state index < -0.39 is 0 Å². The maximum Gasteiger partial charge on any atom is 0.128 e. The second-order valence-corrected chi connectivity index (χ2v) is 6.01. The normalized spacial score (nSPS) is 20.0. The molecule has 0 saturated carbocycles. The topological polar surface area (TPSA) is 40.2 Å². The Kier molecular flexibility index (Phi) is 6.30. The Balaban J connectivity index is 1.84. The molecule has 2 heterocycles. The molecule has 4 nitrogen and oxygen atoms in total. The molecule has 4 heteroatoms. The number of pyridine rings is 1. The monoisotopic (exact) mass is 290 g/mol. The van der Waals surface area contributed by atoms with Gasteiger partial charge in [-0.15, -0.1) is 0 Å². The lowest BCUT2D eigenvalue weighted by atomic mass is 9.99. The van der Waals surface area contributed by atoms with Gasteiger partial charge in [0.15, 0.2) is 0 Å². The van der Waals surface area contributed by atoms with Crippen molar-refractivity contribution in [3.8, 4) is 0 Å². The highest BCUT2D eigenvalue weighted by atomic mass is 15.2. The summed E-state index contributed by atoms with van der Waals surface area (Å²) in [5, 5.41) is 7.18.